The van der Waals surface area contributed by atoms with Gasteiger partial charge in [-0.25, -0.2) is 9.97 Å². The van der Waals surface area contributed by atoms with Gasteiger partial charge in [-0.1, -0.05) is 6.92 Å². The SMILES string of the molecule is CCc1nnc(C2CCN(c3nccc(C#N)n3)CC2)s1. The highest BCUT2D eigenvalue weighted by Crippen LogP contribution is 2.31. The van der Waals surface area contributed by atoms with Gasteiger partial charge in [0.1, 0.15) is 21.8 Å². The summed E-state index contributed by atoms with van der Waals surface area (Å²) < 4.78 is 0. The van der Waals surface area contributed by atoms with Gasteiger partial charge in [0.05, 0.1) is 0 Å². The predicted molar refractivity (Wildman–Crippen MR) is 80.2 cm³/mol. The number of nitriles is 1. The molecule has 0 saturated carbocycles. The van der Waals surface area contributed by atoms with Crippen LogP contribution in [0.4, 0.5) is 5.95 Å². The van der Waals surface area contributed by atoms with Crippen molar-refractivity contribution in [2.75, 3.05) is 18.0 Å². The molecule has 6 nitrogen and oxygen atoms in total. The van der Waals surface area contributed by atoms with Gasteiger partial charge in [0, 0.05) is 25.2 Å². The second kappa shape index (κ2) is 6.14. The largest absolute Gasteiger partial charge is 0.341 e. The van der Waals surface area contributed by atoms with Crippen molar-refractivity contribution in [3.8, 4) is 6.07 Å². The van der Waals surface area contributed by atoms with E-state index in [0.717, 1.165) is 42.4 Å². The summed E-state index contributed by atoms with van der Waals surface area (Å²) in [5.74, 6) is 1.14. The molecule has 108 valence electrons. The van der Waals surface area contributed by atoms with Gasteiger partial charge in [0.15, 0.2) is 0 Å². The quantitative estimate of drug-likeness (QED) is 0.864. The summed E-state index contributed by atoms with van der Waals surface area (Å²) in [5, 5.41) is 19.7. The van der Waals surface area contributed by atoms with Crippen molar-refractivity contribution in [2.45, 2.75) is 32.1 Å². The average Bonchev–Trinajstić information content (AvgIpc) is 3.04. The van der Waals surface area contributed by atoms with Crippen molar-refractivity contribution in [2.24, 2.45) is 0 Å². The van der Waals surface area contributed by atoms with Crippen LogP contribution in [0.5, 0.6) is 0 Å². The molecule has 3 rings (SSSR count). The number of aryl methyl sites for hydroxylation is 1. The summed E-state index contributed by atoms with van der Waals surface area (Å²) in [6.45, 7) is 3.88. The van der Waals surface area contributed by atoms with Gasteiger partial charge in [0.25, 0.3) is 0 Å². The maximum absolute atomic E-state index is 8.90. The Balaban J connectivity index is 1.66. The molecule has 1 aliphatic heterocycles. The molecule has 0 amide bonds. The van der Waals surface area contributed by atoms with Crippen molar-refractivity contribution in [1.82, 2.24) is 20.2 Å². The van der Waals surface area contributed by atoms with Gasteiger partial charge in [-0.05, 0) is 25.3 Å². The topological polar surface area (TPSA) is 78.6 Å². The van der Waals surface area contributed by atoms with E-state index < -0.39 is 0 Å². The van der Waals surface area contributed by atoms with E-state index >= 15 is 0 Å². The highest BCUT2D eigenvalue weighted by molar-refractivity contribution is 7.11. The van der Waals surface area contributed by atoms with Crippen molar-refractivity contribution in [3.63, 3.8) is 0 Å². The lowest BCUT2D eigenvalue weighted by Gasteiger charge is -2.30. The molecule has 0 radical (unpaired) electrons. The van der Waals surface area contributed by atoms with Crippen molar-refractivity contribution >= 4 is 17.3 Å². The van der Waals surface area contributed by atoms with E-state index in [-0.39, 0.29) is 0 Å². The zero-order valence-corrected chi connectivity index (χ0v) is 12.7. The van der Waals surface area contributed by atoms with E-state index in [4.69, 9.17) is 5.26 Å². The van der Waals surface area contributed by atoms with Crippen LogP contribution >= 0.6 is 11.3 Å². The first-order valence-corrected chi connectivity index (χ1v) is 7.92. The minimum atomic E-state index is 0.416. The van der Waals surface area contributed by atoms with Crippen molar-refractivity contribution in [3.05, 3.63) is 28.0 Å². The molecule has 2 aromatic heterocycles. The molecule has 0 bridgehead atoms. The number of rotatable bonds is 3. The summed E-state index contributed by atoms with van der Waals surface area (Å²) >= 11 is 1.73. The van der Waals surface area contributed by atoms with Gasteiger partial charge < -0.3 is 4.90 Å². The normalized spacial score (nSPS) is 15.9. The zero-order valence-electron chi connectivity index (χ0n) is 11.9. The Morgan fingerprint density at radius 1 is 1.38 bits per heavy atom. The second-order valence-electron chi connectivity index (χ2n) is 5.00. The molecule has 3 heterocycles. The molecule has 0 spiro atoms. The predicted octanol–water partition coefficient (Wildman–Crippen LogP) is 2.15. The summed E-state index contributed by atoms with van der Waals surface area (Å²) in [6, 6.07) is 3.68. The molecule has 21 heavy (non-hydrogen) atoms. The van der Waals surface area contributed by atoms with Crippen LogP contribution in [0.15, 0.2) is 12.3 Å². The van der Waals surface area contributed by atoms with Crippen LogP contribution in [0.2, 0.25) is 0 Å². The van der Waals surface area contributed by atoms with E-state index in [1.165, 1.54) is 0 Å². The maximum atomic E-state index is 8.90. The van der Waals surface area contributed by atoms with Crippen LogP contribution in [0.1, 0.15) is 41.4 Å². The monoisotopic (exact) mass is 300 g/mol. The molecule has 0 atom stereocenters. The Morgan fingerprint density at radius 2 is 2.19 bits per heavy atom. The first-order valence-electron chi connectivity index (χ1n) is 7.10. The maximum Gasteiger partial charge on any atom is 0.226 e. The van der Waals surface area contributed by atoms with Crippen LogP contribution in [-0.4, -0.2) is 33.3 Å². The molecule has 2 aromatic rings. The van der Waals surface area contributed by atoms with E-state index in [2.05, 4.69) is 38.1 Å². The fraction of sp³-hybridized carbons (Fsp3) is 0.500. The molecule has 0 N–H and O–H groups in total. The van der Waals surface area contributed by atoms with E-state index in [1.54, 1.807) is 23.6 Å². The van der Waals surface area contributed by atoms with Crippen LogP contribution in [0, 0.1) is 11.3 Å². The fourth-order valence-electron chi connectivity index (χ4n) is 2.46. The molecule has 0 unspecified atom stereocenters. The Hall–Kier alpha value is -2.07. The molecule has 0 aromatic carbocycles. The minimum absolute atomic E-state index is 0.416. The van der Waals surface area contributed by atoms with Gasteiger partial charge >= 0.3 is 0 Å². The van der Waals surface area contributed by atoms with Crippen molar-refractivity contribution in [1.29, 1.82) is 5.26 Å². The van der Waals surface area contributed by atoms with E-state index in [0.29, 0.717) is 17.6 Å². The Morgan fingerprint density at radius 3 is 2.86 bits per heavy atom. The molecule has 1 fully saturated rings. The number of anilines is 1. The Labute approximate surface area is 127 Å². The number of hydrogen-bond donors (Lipinski definition) is 0. The molecule has 1 saturated heterocycles. The summed E-state index contributed by atoms with van der Waals surface area (Å²) in [7, 11) is 0. The van der Waals surface area contributed by atoms with Crippen LogP contribution in [0.3, 0.4) is 0 Å². The second-order valence-corrected chi connectivity index (χ2v) is 6.10. The standard InChI is InChI=1S/C14H16N6S/c1-2-12-18-19-13(21-12)10-4-7-20(8-5-10)14-16-6-3-11(9-15)17-14/h3,6,10H,2,4-5,7-8H2,1H3. The third-order valence-electron chi connectivity index (χ3n) is 3.67. The molecule has 1 aliphatic rings. The molecule has 0 aliphatic carbocycles. The lowest BCUT2D eigenvalue weighted by atomic mass is 9.98. The van der Waals surface area contributed by atoms with Gasteiger partial charge in [-0.2, -0.15) is 5.26 Å². The van der Waals surface area contributed by atoms with Crippen LogP contribution < -0.4 is 4.90 Å². The molecular formula is C14H16N6S. The van der Waals surface area contributed by atoms with Crippen LogP contribution in [0.25, 0.3) is 0 Å². The number of nitrogens with zero attached hydrogens (tertiary/aromatic N) is 6. The van der Waals surface area contributed by atoms with E-state index in [9.17, 15) is 0 Å². The zero-order chi connectivity index (χ0) is 14.7. The average molecular weight is 300 g/mol. The minimum Gasteiger partial charge on any atom is -0.341 e. The van der Waals surface area contributed by atoms with Gasteiger partial charge in [-0.15, -0.1) is 21.5 Å². The lowest BCUT2D eigenvalue weighted by Crippen LogP contribution is -2.34. The summed E-state index contributed by atoms with van der Waals surface area (Å²) in [4.78, 5) is 10.7. The highest BCUT2D eigenvalue weighted by atomic mass is 32.1. The van der Waals surface area contributed by atoms with Gasteiger partial charge in [-0.3, -0.25) is 0 Å². The smallest absolute Gasteiger partial charge is 0.226 e. The Kier molecular flexibility index (Phi) is 4.06. The Bertz CT molecular complexity index is 653. The third kappa shape index (κ3) is 3.00. The van der Waals surface area contributed by atoms with E-state index in [1.807, 2.05) is 0 Å². The van der Waals surface area contributed by atoms with Gasteiger partial charge in [0.2, 0.25) is 5.95 Å². The lowest BCUT2D eigenvalue weighted by molar-refractivity contribution is 0.495. The highest BCUT2D eigenvalue weighted by Gasteiger charge is 2.24. The summed E-state index contributed by atoms with van der Waals surface area (Å²) in [6.07, 6.45) is 4.65. The molecular weight excluding hydrogens is 284 g/mol. The summed E-state index contributed by atoms with van der Waals surface area (Å²) in [5.41, 5.74) is 0.416. The number of piperidine rings is 1. The molecule has 7 heteroatoms. The number of hydrogen-bond acceptors (Lipinski definition) is 7. The number of aromatic nitrogens is 4. The van der Waals surface area contributed by atoms with Crippen LogP contribution in [-0.2, 0) is 6.42 Å². The van der Waals surface area contributed by atoms with Crippen molar-refractivity contribution < 1.29 is 0 Å². The third-order valence-corrected chi connectivity index (χ3v) is 4.90. The first-order chi connectivity index (χ1) is 10.3. The fourth-order valence-corrected chi connectivity index (χ4v) is 3.42. The first kappa shape index (κ1) is 13.9.